The summed E-state index contributed by atoms with van der Waals surface area (Å²) in [4.78, 5) is 12.2. The summed E-state index contributed by atoms with van der Waals surface area (Å²) in [5.41, 5.74) is 8.06. The minimum absolute atomic E-state index is 0.143. The van der Waals surface area contributed by atoms with E-state index in [9.17, 15) is 4.79 Å². The molecule has 0 unspecified atom stereocenters. The highest BCUT2D eigenvalue weighted by atomic mass is 16.3. The highest BCUT2D eigenvalue weighted by molar-refractivity contribution is 6.05. The molecule has 0 saturated carbocycles. The quantitative estimate of drug-likeness (QED) is 0.879. The smallest absolute Gasteiger partial charge is 0.259 e. The lowest BCUT2D eigenvalue weighted by Crippen LogP contribution is -2.12. The van der Waals surface area contributed by atoms with Crippen LogP contribution >= 0.6 is 0 Å². The van der Waals surface area contributed by atoms with E-state index in [4.69, 9.17) is 10.2 Å². The van der Waals surface area contributed by atoms with Gasteiger partial charge in [0.05, 0.1) is 5.56 Å². The number of hydrogen-bond donors (Lipinski definition) is 2. The maximum absolute atomic E-state index is 12.2. The number of nitrogens with one attached hydrogen (secondary N) is 1. The van der Waals surface area contributed by atoms with Crippen molar-refractivity contribution in [3.63, 3.8) is 0 Å². The topological polar surface area (TPSA) is 68.3 Å². The van der Waals surface area contributed by atoms with Crippen molar-refractivity contribution in [2.24, 2.45) is 5.73 Å². The van der Waals surface area contributed by atoms with Gasteiger partial charge in [0.15, 0.2) is 0 Å². The molecule has 0 spiro atoms. The molecule has 0 saturated heterocycles. The fraction of sp³-hybridized carbons (Fsp3) is 0.312. The number of hydrogen-bond acceptors (Lipinski definition) is 3. The van der Waals surface area contributed by atoms with E-state index in [2.05, 4.69) is 5.32 Å². The molecule has 106 valence electrons. The van der Waals surface area contributed by atoms with Crippen molar-refractivity contribution in [1.82, 2.24) is 0 Å². The summed E-state index contributed by atoms with van der Waals surface area (Å²) in [5.74, 6) is 1.24. The van der Waals surface area contributed by atoms with Crippen LogP contribution in [0.2, 0.25) is 0 Å². The van der Waals surface area contributed by atoms with Crippen LogP contribution in [-0.2, 0) is 6.42 Å². The lowest BCUT2D eigenvalue weighted by molar-refractivity contribution is 0.102. The Hall–Kier alpha value is -2.07. The number of nitrogens with two attached hydrogens (primary N) is 1. The van der Waals surface area contributed by atoms with Gasteiger partial charge in [-0.2, -0.15) is 0 Å². The maximum Gasteiger partial charge on any atom is 0.259 e. The van der Waals surface area contributed by atoms with Gasteiger partial charge >= 0.3 is 0 Å². The van der Waals surface area contributed by atoms with E-state index in [1.165, 1.54) is 5.56 Å². The molecule has 1 amide bonds. The van der Waals surface area contributed by atoms with E-state index in [1.807, 2.05) is 31.2 Å². The molecule has 2 aromatic rings. The summed E-state index contributed by atoms with van der Waals surface area (Å²) >= 11 is 0. The summed E-state index contributed by atoms with van der Waals surface area (Å²) in [6.07, 6.45) is 1.86. The van der Waals surface area contributed by atoms with Crippen molar-refractivity contribution in [3.05, 3.63) is 53.0 Å². The number of carbonyl (C=O) groups is 1. The Morgan fingerprint density at radius 2 is 2.10 bits per heavy atom. The first kappa shape index (κ1) is 14.3. The molecule has 0 aliphatic heterocycles. The molecular formula is C16H20N2O2. The fourth-order valence-corrected chi connectivity index (χ4v) is 2.17. The normalized spacial score (nSPS) is 10.6. The Bertz CT molecular complexity index is 602. The number of rotatable bonds is 5. The van der Waals surface area contributed by atoms with Gasteiger partial charge in [0.2, 0.25) is 0 Å². The molecule has 0 aliphatic rings. The molecule has 4 heteroatoms. The number of benzene rings is 1. The summed E-state index contributed by atoms with van der Waals surface area (Å²) in [6, 6.07) is 9.60. The average Bonchev–Trinajstić information content (AvgIpc) is 2.76. The van der Waals surface area contributed by atoms with E-state index in [0.29, 0.717) is 17.9 Å². The molecule has 0 radical (unpaired) electrons. The van der Waals surface area contributed by atoms with Crippen molar-refractivity contribution >= 4 is 11.6 Å². The Balaban J connectivity index is 2.09. The molecule has 3 N–H and O–H groups in total. The first-order valence-electron chi connectivity index (χ1n) is 6.77. The summed E-state index contributed by atoms with van der Waals surface area (Å²) in [7, 11) is 0. The zero-order valence-corrected chi connectivity index (χ0v) is 11.9. The Labute approximate surface area is 119 Å². The van der Waals surface area contributed by atoms with Gasteiger partial charge in [-0.1, -0.05) is 12.1 Å². The van der Waals surface area contributed by atoms with Crippen molar-refractivity contribution in [2.75, 3.05) is 11.9 Å². The maximum atomic E-state index is 12.2. The molecule has 0 aliphatic carbocycles. The third kappa shape index (κ3) is 3.48. The fourth-order valence-electron chi connectivity index (χ4n) is 2.17. The largest absolute Gasteiger partial charge is 0.466 e. The van der Waals surface area contributed by atoms with Gasteiger partial charge in [-0.3, -0.25) is 4.79 Å². The Morgan fingerprint density at radius 3 is 2.75 bits per heavy atom. The second-order valence-electron chi connectivity index (χ2n) is 4.87. The zero-order valence-electron chi connectivity index (χ0n) is 11.9. The van der Waals surface area contributed by atoms with E-state index in [-0.39, 0.29) is 5.91 Å². The van der Waals surface area contributed by atoms with Gasteiger partial charge < -0.3 is 15.5 Å². The number of amides is 1. The van der Waals surface area contributed by atoms with E-state index in [0.717, 1.165) is 24.3 Å². The standard InChI is InChI=1S/C16H20N2O2/c1-11-9-15(12(2)20-11)16(19)18-14-7-3-5-13(10-14)6-4-8-17/h3,5,7,9-10H,4,6,8,17H2,1-2H3,(H,18,19). The predicted molar refractivity (Wildman–Crippen MR) is 80.0 cm³/mol. The van der Waals surface area contributed by atoms with Crippen LogP contribution < -0.4 is 11.1 Å². The van der Waals surface area contributed by atoms with Crippen LogP contribution in [0.15, 0.2) is 34.7 Å². The zero-order chi connectivity index (χ0) is 14.5. The van der Waals surface area contributed by atoms with Crippen LogP contribution in [0.25, 0.3) is 0 Å². The lowest BCUT2D eigenvalue weighted by atomic mass is 10.1. The molecule has 0 fully saturated rings. The van der Waals surface area contributed by atoms with Crippen molar-refractivity contribution in [2.45, 2.75) is 26.7 Å². The molecule has 4 nitrogen and oxygen atoms in total. The van der Waals surface area contributed by atoms with Gasteiger partial charge in [0.1, 0.15) is 11.5 Å². The van der Waals surface area contributed by atoms with E-state index >= 15 is 0 Å². The van der Waals surface area contributed by atoms with Crippen LogP contribution in [0, 0.1) is 13.8 Å². The molecule has 1 aromatic carbocycles. The molecule has 1 aromatic heterocycles. The van der Waals surface area contributed by atoms with Crippen LogP contribution in [-0.4, -0.2) is 12.5 Å². The second kappa shape index (κ2) is 6.39. The SMILES string of the molecule is Cc1cc(C(=O)Nc2cccc(CCCN)c2)c(C)o1. The number of aryl methyl sites for hydroxylation is 3. The summed E-state index contributed by atoms with van der Waals surface area (Å²) in [5, 5.41) is 2.90. The van der Waals surface area contributed by atoms with Crippen LogP contribution in [0.4, 0.5) is 5.69 Å². The summed E-state index contributed by atoms with van der Waals surface area (Å²) in [6.45, 7) is 4.29. The van der Waals surface area contributed by atoms with Crippen molar-refractivity contribution in [3.8, 4) is 0 Å². The van der Waals surface area contributed by atoms with Crippen LogP contribution in [0.5, 0.6) is 0 Å². The Kier molecular flexibility index (Phi) is 4.58. The minimum atomic E-state index is -0.143. The molecule has 1 heterocycles. The van der Waals surface area contributed by atoms with Crippen LogP contribution in [0.3, 0.4) is 0 Å². The van der Waals surface area contributed by atoms with Gasteiger partial charge in [0, 0.05) is 5.69 Å². The molecular weight excluding hydrogens is 252 g/mol. The minimum Gasteiger partial charge on any atom is -0.466 e. The highest BCUT2D eigenvalue weighted by Crippen LogP contribution is 2.17. The monoisotopic (exact) mass is 272 g/mol. The van der Waals surface area contributed by atoms with Crippen molar-refractivity contribution < 1.29 is 9.21 Å². The third-order valence-electron chi connectivity index (χ3n) is 3.14. The van der Waals surface area contributed by atoms with Gasteiger partial charge in [-0.05, 0) is 57.0 Å². The molecule has 0 bridgehead atoms. The Morgan fingerprint density at radius 1 is 1.30 bits per heavy atom. The van der Waals surface area contributed by atoms with Crippen LogP contribution in [0.1, 0.15) is 33.9 Å². The number of furan rings is 1. The predicted octanol–water partition coefficient (Wildman–Crippen LogP) is 3.04. The average molecular weight is 272 g/mol. The molecule has 0 atom stereocenters. The highest BCUT2D eigenvalue weighted by Gasteiger charge is 2.13. The van der Waals surface area contributed by atoms with E-state index < -0.39 is 0 Å². The number of anilines is 1. The van der Waals surface area contributed by atoms with Gasteiger partial charge in [-0.25, -0.2) is 0 Å². The second-order valence-corrected chi connectivity index (χ2v) is 4.87. The van der Waals surface area contributed by atoms with Gasteiger partial charge in [-0.15, -0.1) is 0 Å². The van der Waals surface area contributed by atoms with E-state index in [1.54, 1.807) is 13.0 Å². The molecule has 2 rings (SSSR count). The lowest BCUT2D eigenvalue weighted by Gasteiger charge is -2.06. The molecule has 20 heavy (non-hydrogen) atoms. The number of carbonyl (C=O) groups excluding carboxylic acids is 1. The first-order chi connectivity index (χ1) is 9.60. The first-order valence-corrected chi connectivity index (χ1v) is 6.77. The van der Waals surface area contributed by atoms with Gasteiger partial charge in [0.25, 0.3) is 5.91 Å². The third-order valence-corrected chi connectivity index (χ3v) is 3.14. The van der Waals surface area contributed by atoms with Crippen molar-refractivity contribution in [1.29, 1.82) is 0 Å². The summed E-state index contributed by atoms with van der Waals surface area (Å²) < 4.78 is 5.38.